The van der Waals surface area contributed by atoms with Gasteiger partial charge in [-0.05, 0) is 36.1 Å². The number of rotatable bonds is 10. The molecule has 4 rings (SSSR count). The first-order valence-electron chi connectivity index (χ1n) is 10.9. The molecule has 1 heterocycles. The fourth-order valence-electron chi connectivity index (χ4n) is 3.50. The van der Waals surface area contributed by atoms with Gasteiger partial charge in [0.1, 0.15) is 5.75 Å². The normalized spacial score (nSPS) is 20.9. The van der Waals surface area contributed by atoms with E-state index in [1.54, 1.807) is 7.11 Å². The van der Waals surface area contributed by atoms with Gasteiger partial charge in [0.15, 0.2) is 5.82 Å². The van der Waals surface area contributed by atoms with Crippen LogP contribution in [0.3, 0.4) is 0 Å². The Kier molecular flexibility index (Phi) is 7.02. The molecule has 1 fully saturated rings. The van der Waals surface area contributed by atoms with E-state index in [4.69, 9.17) is 25.3 Å². The number of anilines is 1. The number of ether oxygens (including phenoxy) is 2. The van der Waals surface area contributed by atoms with Gasteiger partial charge in [0, 0.05) is 24.1 Å². The molecule has 8 heteroatoms. The number of halogens is 1. The van der Waals surface area contributed by atoms with Gasteiger partial charge >= 0.3 is 0 Å². The minimum Gasteiger partial charge on any atom is -0.497 e. The van der Waals surface area contributed by atoms with Gasteiger partial charge in [-0.15, -0.1) is 5.10 Å². The average molecular weight is 440 g/mol. The zero-order chi connectivity index (χ0) is 22.5. The van der Waals surface area contributed by atoms with Crippen LogP contribution >= 0.6 is 0 Å². The molecule has 2 aliphatic rings. The Bertz CT molecular complexity index is 1010. The molecule has 3 N–H and O–H groups in total. The van der Waals surface area contributed by atoms with Gasteiger partial charge in [-0.3, -0.25) is 0 Å². The van der Waals surface area contributed by atoms with Crippen LogP contribution in [0.4, 0.5) is 10.3 Å². The van der Waals surface area contributed by atoms with Gasteiger partial charge in [0.05, 0.1) is 32.7 Å². The predicted molar refractivity (Wildman–Crippen MR) is 123 cm³/mol. The Hall–Kier alpha value is -2.97. The molecular weight excluding hydrogens is 409 g/mol. The number of nitrogens with zero attached hydrogens (tertiary/aromatic N) is 3. The summed E-state index contributed by atoms with van der Waals surface area (Å²) in [6.07, 6.45) is 8.73. The number of methoxy groups -OCH3 is 1. The van der Waals surface area contributed by atoms with Gasteiger partial charge in [0.2, 0.25) is 5.95 Å². The van der Waals surface area contributed by atoms with Crippen LogP contribution in [-0.2, 0) is 11.3 Å². The first-order valence-corrected chi connectivity index (χ1v) is 10.9. The van der Waals surface area contributed by atoms with E-state index in [0.717, 1.165) is 35.7 Å². The summed E-state index contributed by atoms with van der Waals surface area (Å²) >= 11 is 0. The highest BCUT2D eigenvalue weighted by molar-refractivity contribution is 5.71. The van der Waals surface area contributed by atoms with Crippen molar-refractivity contribution in [2.24, 2.45) is 11.7 Å². The molecule has 0 aliphatic heterocycles. The fourth-order valence-corrected chi connectivity index (χ4v) is 3.50. The minimum atomic E-state index is -0.148. The third kappa shape index (κ3) is 5.44. The SMILES string of the molecule is COc1ccc(Cn2nc(C3=CC(C)C(OC/C(=C/F)CN)C=C3)nc2NC2CC2)cc1. The van der Waals surface area contributed by atoms with Crippen LogP contribution in [0.1, 0.15) is 31.2 Å². The Morgan fingerprint density at radius 2 is 2.09 bits per heavy atom. The number of hydrogen-bond acceptors (Lipinski definition) is 6. The standard InChI is InChI=1S/C24H30FN5O2/c1-16-11-19(5-10-22(16)32-15-18(12-25)13-26)23-28-24(27-20-6-7-20)30(29-23)14-17-3-8-21(31-2)9-4-17/h3-5,8-12,16,20,22H,6-7,13-15,26H2,1-2H3,(H,27,28,29)/b18-12+. The maximum absolute atomic E-state index is 12.7. The predicted octanol–water partition coefficient (Wildman–Crippen LogP) is 3.70. The minimum absolute atomic E-state index is 0.0991. The van der Waals surface area contributed by atoms with Crippen molar-refractivity contribution in [1.82, 2.24) is 14.8 Å². The highest BCUT2D eigenvalue weighted by Crippen LogP contribution is 2.28. The Balaban J connectivity index is 1.49. The Morgan fingerprint density at radius 1 is 1.31 bits per heavy atom. The Labute approximate surface area is 187 Å². The molecule has 32 heavy (non-hydrogen) atoms. The first kappa shape index (κ1) is 22.2. The molecule has 2 aromatic rings. The van der Waals surface area contributed by atoms with Crippen molar-refractivity contribution in [3.8, 4) is 5.75 Å². The quantitative estimate of drug-likeness (QED) is 0.587. The van der Waals surface area contributed by atoms with Crippen molar-refractivity contribution < 1.29 is 13.9 Å². The highest BCUT2D eigenvalue weighted by atomic mass is 19.1. The largest absolute Gasteiger partial charge is 0.497 e. The summed E-state index contributed by atoms with van der Waals surface area (Å²) in [5.74, 6) is 2.38. The molecule has 170 valence electrons. The number of hydrogen-bond donors (Lipinski definition) is 2. The van der Waals surface area contributed by atoms with E-state index < -0.39 is 0 Å². The van der Waals surface area contributed by atoms with Crippen molar-refractivity contribution in [1.29, 1.82) is 0 Å². The van der Waals surface area contributed by atoms with Crippen molar-refractivity contribution >= 4 is 11.5 Å². The van der Waals surface area contributed by atoms with E-state index in [0.29, 0.717) is 30.3 Å². The van der Waals surface area contributed by atoms with E-state index in [1.165, 1.54) is 0 Å². The number of nitrogens with two attached hydrogens (primary N) is 1. The molecule has 2 aliphatic carbocycles. The molecule has 1 aromatic heterocycles. The van der Waals surface area contributed by atoms with Gasteiger partial charge < -0.3 is 20.5 Å². The zero-order valence-corrected chi connectivity index (χ0v) is 18.5. The van der Waals surface area contributed by atoms with Crippen molar-refractivity contribution in [3.05, 3.63) is 65.8 Å². The molecule has 7 nitrogen and oxygen atoms in total. The summed E-state index contributed by atoms with van der Waals surface area (Å²) in [6, 6.07) is 8.43. The summed E-state index contributed by atoms with van der Waals surface area (Å²) in [5.41, 5.74) is 8.01. The summed E-state index contributed by atoms with van der Waals surface area (Å²) in [6.45, 7) is 3.00. The van der Waals surface area contributed by atoms with Crippen molar-refractivity contribution in [3.63, 3.8) is 0 Å². The van der Waals surface area contributed by atoms with Crippen LogP contribution in [0.2, 0.25) is 0 Å². The molecule has 0 radical (unpaired) electrons. The molecule has 0 saturated heterocycles. The molecule has 0 spiro atoms. The number of nitrogens with one attached hydrogen (secondary N) is 1. The molecule has 1 aromatic carbocycles. The van der Waals surface area contributed by atoms with Gasteiger partial charge in [-0.25, -0.2) is 9.07 Å². The lowest BCUT2D eigenvalue weighted by Gasteiger charge is -2.23. The Morgan fingerprint density at radius 3 is 2.72 bits per heavy atom. The van der Waals surface area contributed by atoms with Crippen LogP contribution in [0.5, 0.6) is 5.75 Å². The third-order valence-electron chi connectivity index (χ3n) is 5.64. The molecule has 0 amide bonds. The first-order chi connectivity index (χ1) is 15.6. The zero-order valence-electron chi connectivity index (χ0n) is 18.5. The molecular formula is C24H30FN5O2. The molecule has 0 bridgehead atoms. The second-order valence-corrected chi connectivity index (χ2v) is 8.27. The summed E-state index contributed by atoms with van der Waals surface area (Å²) in [5, 5.41) is 8.28. The van der Waals surface area contributed by atoms with Crippen LogP contribution in [0, 0.1) is 5.92 Å². The van der Waals surface area contributed by atoms with Gasteiger partial charge in [-0.2, -0.15) is 4.98 Å². The maximum Gasteiger partial charge on any atom is 0.222 e. The second kappa shape index (κ2) is 10.1. The highest BCUT2D eigenvalue weighted by Gasteiger charge is 2.25. The fraction of sp³-hybridized carbons (Fsp3) is 0.417. The smallest absolute Gasteiger partial charge is 0.222 e. The summed E-state index contributed by atoms with van der Waals surface area (Å²) in [4.78, 5) is 4.78. The number of aromatic nitrogens is 3. The summed E-state index contributed by atoms with van der Waals surface area (Å²) < 4.78 is 25.7. The van der Waals surface area contributed by atoms with Crippen LogP contribution in [0.15, 0.2) is 54.4 Å². The van der Waals surface area contributed by atoms with Crippen LogP contribution < -0.4 is 15.8 Å². The average Bonchev–Trinajstić information content (AvgIpc) is 3.55. The number of allylic oxidation sites excluding steroid dienone is 2. The topological polar surface area (TPSA) is 87.2 Å². The monoisotopic (exact) mass is 439 g/mol. The lowest BCUT2D eigenvalue weighted by molar-refractivity contribution is 0.0777. The van der Waals surface area contributed by atoms with E-state index in [-0.39, 0.29) is 25.2 Å². The molecule has 2 unspecified atom stereocenters. The van der Waals surface area contributed by atoms with Crippen LogP contribution in [-0.4, -0.2) is 47.2 Å². The van der Waals surface area contributed by atoms with E-state index >= 15 is 0 Å². The van der Waals surface area contributed by atoms with Crippen LogP contribution in [0.25, 0.3) is 5.57 Å². The molecule has 1 saturated carbocycles. The van der Waals surface area contributed by atoms with Gasteiger partial charge in [-0.1, -0.05) is 37.3 Å². The maximum atomic E-state index is 12.7. The van der Waals surface area contributed by atoms with Crippen molar-refractivity contribution in [2.75, 3.05) is 25.6 Å². The van der Waals surface area contributed by atoms with Crippen molar-refractivity contribution in [2.45, 2.75) is 38.5 Å². The van der Waals surface area contributed by atoms with E-state index in [2.05, 4.69) is 18.3 Å². The lowest BCUT2D eigenvalue weighted by Crippen LogP contribution is -2.23. The van der Waals surface area contributed by atoms with E-state index in [9.17, 15) is 4.39 Å². The second-order valence-electron chi connectivity index (χ2n) is 8.27. The summed E-state index contributed by atoms with van der Waals surface area (Å²) in [7, 11) is 1.66. The van der Waals surface area contributed by atoms with E-state index in [1.807, 2.05) is 41.1 Å². The molecule has 2 atom stereocenters. The lowest BCUT2D eigenvalue weighted by atomic mass is 9.94. The third-order valence-corrected chi connectivity index (χ3v) is 5.64. The number of benzene rings is 1. The van der Waals surface area contributed by atoms with Gasteiger partial charge in [0.25, 0.3) is 0 Å².